The highest BCUT2D eigenvalue weighted by atomic mass is 16.4. The number of furan rings is 4. The Morgan fingerprint density at radius 1 is 0.377 bits per heavy atom. The highest BCUT2D eigenvalue weighted by Gasteiger charge is 2.49. The molecule has 0 aliphatic carbocycles. The molecule has 0 N–H and O–H groups in total. The molecule has 6 nitrogen and oxygen atoms in total. The largest absolute Gasteiger partial charge is 0.464 e. The van der Waals surface area contributed by atoms with Crippen LogP contribution >= 0.6 is 0 Å². The molecule has 0 unspecified atom stereocenters. The van der Waals surface area contributed by atoms with Gasteiger partial charge in [-0.25, -0.2) is 0 Å². The van der Waals surface area contributed by atoms with Gasteiger partial charge in [-0.15, -0.1) is 0 Å². The summed E-state index contributed by atoms with van der Waals surface area (Å²) in [4.78, 5) is 4.76. The first-order valence-corrected chi connectivity index (χ1v) is 24.2. The number of fused-ring (bicyclic) bond motifs is 10. The van der Waals surface area contributed by atoms with Crippen LogP contribution in [0, 0.1) is 0 Å². The summed E-state index contributed by atoms with van der Waals surface area (Å²) >= 11 is 0. The zero-order valence-electron chi connectivity index (χ0n) is 40.6. The second-order valence-corrected chi connectivity index (χ2v) is 22.2. The van der Waals surface area contributed by atoms with Gasteiger partial charge in [0.05, 0.1) is 12.5 Å². The van der Waals surface area contributed by atoms with E-state index in [4.69, 9.17) is 17.7 Å². The molecule has 13 rings (SSSR count). The van der Waals surface area contributed by atoms with Gasteiger partial charge in [0.1, 0.15) is 22.3 Å². The zero-order valence-corrected chi connectivity index (χ0v) is 40.6. The van der Waals surface area contributed by atoms with Crippen LogP contribution < -0.4 is 26.2 Å². The van der Waals surface area contributed by atoms with Gasteiger partial charge in [0.2, 0.25) is 11.8 Å². The highest BCUT2D eigenvalue weighted by Crippen LogP contribution is 2.50. The molecular weight excluding hydrogens is 848 g/mol. The van der Waals surface area contributed by atoms with Gasteiger partial charge in [-0.1, -0.05) is 135 Å². The monoisotopic (exact) mass is 900 g/mol. The van der Waals surface area contributed by atoms with E-state index < -0.39 is 0 Å². The fraction of sp³-hybridized carbons (Fsp3) is 0.194. The number of para-hydroxylation sites is 2. The van der Waals surface area contributed by atoms with Gasteiger partial charge in [-0.3, -0.25) is 9.80 Å². The molecule has 0 fully saturated rings. The average Bonchev–Trinajstić information content (AvgIpc) is 4.13. The Hall–Kier alpha value is -7.64. The summed E-state index contributed by atoms with van der Waals surface area (Å²) in [5, 5.41) is 4.41. The summed E-state index contributed by atoms with van der Waals surface area (Å²) in [6, 6.07) is 52.7. The van der Waals surface area contributed by atoms with Crippen molar-refractivity contribution in [1.29, 1.82) is 0 Å². The third-order valence-electron chi connectivity index (χ3n) is 14.7. The quantitative estimate of drug-likeness (QED) is 0.164. The van der Waals surface area contributed by atoms with E-state index in [0.717, 1.165) is 112 Å². The van der Waals surface area contributed by atoms with E-state index in [1.165, 1.54) is 22.2 Å². The minimum absolute atomic E-state index is 0.0855. The van der Waals surface area contributed by atoms with E-state index >= 15 is 0 Å². The number of rotatable bonds is 4. The predicted molar refractivity (Wildman–Crippen MR) is 287 cm³/mol. The van der Waals surface area contributed by atoms with E-state index in [0.29, 0.717) is 0 Å². The van der Waals surface area contributed by atoms with Crippen LogP contribution in [0.2, 0.25) is 0 Å². The van der Waals surface area contributed by atoms with E-state index in [2.05, 4.69) is 193 Å². The van der Waals surface area contributed by atoms with E-state index in [9.17, 15) is 0 Å². The number of hydrogen-bond donors (Lipinski definition) is 0. The van der Waals surface area contributed by atoms with Crippen LogP contribution in [0.15, 0.2) is 176 Å². The van der Waals surface area contributed by atoms with Gasteiger partial charge in [-0.05, 0) is 122 Å². The van der Waals surface area contributed by atoms with Gasteiger partial charge in [-0.2, -0.15) is 0 Å². The molecule has 0 amide bonds. The van der Waals surface area contributed by atoms with Crippen molar-refractivity contribution in [2.45, 2.75) is 78.6 Å². The highest BCUT2D eigenvalue weighted by molar-refractivity contribution is 7.02. The molecule has 4 aromatic heterocycles. The van der Waals surface area contributed by atoms with Gasteiger partial charge < -0.3 is 17.7 Å². The lowest BCUT2D eigenvalue weighted by molar-refractivity contribution is 0.588. The first kappa shape index (κ1) is 41.5. The molecule has 0 radical (unpaired) electrons. The van der Waals surface area contributed by atoms with E-state index in [1.54, 1.807) is 0 Å². The smallest absolute Gasteiger partial charge is 0.262 e. The molecule has 6 heterocycles. The molecule has 11 aromatic rings. The normalized spacial score (nSPS) is 13.8. The lowest BCUT2D eigenvalue weighted by atomic mass is 9.33. The Morgan fingerprint density at radius 2 is 0.783 bits per heavy atom. The maximum absolute atomic E-state index is 7.29. The van der Waals surface area contributed by atoms with Gasteiger partial charge in [0, 0.05) is 66.3 Å². The Morgan fingerprint density at radius 3 is 1.19 bits per heavy atom. The van der Waals surface area contributed by atoms with Crippen LogP contribution in [0.1, 0.15) is 79.0 Å². The molecular formula is C62H53BN2O4. The third kappa shape index (κ3) is 6.32. The summed E-state index contributed by atoms with van der Waals surface area (Å²) < 4.78 is 26.6. The predicted octanol–water partition coefficient (Wildman–Crippen LogP) is 16.0. The van der Waals surface area contributed by atoms with Crippen LogP contribution in [0.25, 0.3) is 66.1 Å². The molecule has 2 aliphatic heterocycles. The standard InChI is InChI=1S/C62H53BN2O4/c1-60(2,3)38-22-28-53-45(30-38)55-58(68-53)64(41-24-18-36(19-25-41)47-34-66-51-16-12-10-14-43(47)51)49-32-40(62(7,8)9)33-50-57(49)63(55)56-46-31-39(61(4,5)6)23-29-54(46)69-59(56)65(50)42-26-20-37(21-27-42)48-35-67-52-17-13-11-15-44(48)52/h10-35H,1-9H3. The summed E-state index contributed by atoms with van der Waals surface area (Å²) in [6.07, 6.45) is 3.74. The summed E-state index contributed by atoms with van der Waals surface area (Å²) in [7, 11) is 0. The van der Waals surface area contributed by atoms with Crippen molar-refractivity contribution in [2.75, 3.05) is 9.80 Å². The Kier molecular flexibility index (Phi) is 8.70. The summed E-state index contributed by atoms with van der Waals surface area (Å²) in [6.45, 7) is 20.4. The third-order valence-corrected chi connectivity index (χ3v) is 14.7. The van der Waals surface area contributed by atoms with E-state index in [-0.39, 0.29) is 23.0 Å². The average molecular weight is 901 g/mol. The van der Waals surface area contributed by atoms with Gasteiger partial charge >= 0.3 is 0 Å². The van der Waals surface area contributed by atoms with Crippen LogP contribution in [-0.2, 0) is 16.2 Å². The second kappa shape index (κ2) is 14.4. The maximum Gasteiger partial charge on any atom is 0.262 e. The molecule has 0 saturated carbocycles. The Labute approximate surface area is 402 Å². The SMILES string of the molecule is CC(C)(C)c1cc2c3c(c1)N(c1ccc(-c4coc5ccccc45)cc1)c1oc4ccc(C(C)(C)C)cc4c1B3c1c(oc3ccc(C(C)(C)C)cc13)N2c1ccc(-c2coc3ccccc23)cc1. The molecule has 0 atom stereocenters. The first-order valence-electron chi connectivity index (χ1n) is 24.2. The van der Waals surface area contributed by atoms with Crippen molar-refractivity contribution in [2.24, 2.45) is 0 Å². The lowest BCUT2D eigenvalue weighted by Crippen LogP contribution is -2.61. The van der Waals surface area contributed by atoms with Crippen LogP contribution in [0.5, 0.6) is 0 Å². The van der Waals surface area contributed by atoms with Crippen molar-refractivity contribution in [3.63, 3.8) is 0 Å². The second-order valence-electron chi connectivity index (χ2n) is 22.2. The summed E-state index contributed by atoms with van der Waals surface area (Å²) in [5.74, 6) is 1.65. The lowest BCUT2D eigenvalue weighted by Gasteiger charge is -2.41. The number of benzene rings is 7. The van der Waals surface area contributed by atoms with Crippen LogP contribution in [-0.4, -0.2) is 6.71 Å². The topological polar surface area (TPSA) is 59.0 Å². The van der Waals surface area contributed by atoms with Crippen molar-refractivity contribution in [3.05, 3.63) is 175 Å². The molecule has 0 saturated heterocycles. The Balaban J connectivity index is 1.11. The molecule has 7 heteroatoms. The van der Waals surface area contributed by atoms with Crippen molar-refractivity contribution in [1.82, 2.24) is 0 Å². The number of nitrogens with zero attached hydrogens (tertiary/aromatic N) is 2. The molecule has 69 heavy (non-hydrogen) atoms. The molecule has 2 aliphatic rings. The molecule has 338 valence electrons. The fourth-order valence-corrected chi connectivity index (χ4v) is 10.9. The molecule has 0 spiro atoms. The van der Waals surface area contributed by atoms with Crippen molar-refractivity contribution in [3.8, 4) is 22.3 Å². The van der Waals surface area contributed by atoms with Gasteiger partial charge in [0.15, 0.2) is 0 Å². The molecule has 7 aromatic carbocycles. The van der Waals surface area contributed by atoms with Gasteiger partial charge in [0.25, 0.3) is 6.71 Å². The zero-order chi connectivity index (χ0) is 47.3. The molecule has 0 bridgehead atoms. The summed E-state index contributed by atoms with van der Waals surface area (Å²) in [5.41, 5.74) is 18.8. The maximum atomic E-state index is 7.29. The van der Waals surface area contributed by atoms with Crippen LogP contribution in [0.3, 0.4) is 0 Å². The first-order chi connectivity index (χ1) is 33.1. The van der Waals surface area contributed by atoms with E-state index in [1.807, 2.05) is 36.8 Å². The van der Waals surface area contributed by atoms with Crippen molar-refractivity contribution >= 4 is 101 Å². The minimum atomic E-state index is -0.220. The fourth-order valence-electron chi connectivity index (χ4n) is 10.9. The number of hydrogen-bond acceptors (Lipinski definition) is 6. The Bertz CT molecular complexity index is 3620. The van der Waals surface area contributed by atoms with Crippen molar-refractivity contribution < 1.29 is 17.7 Å². The number of anilines is 6. The minimum Gasteiger partial charge on any atom is -0.464 e. The van der Waals surface area contributed by atoms with Crippen LogP contribution in [0.4, 0.5) is 34.5 Å².